The number of nitrogens with zero attached hydrogens (tertiary/aromatic N) is 2. The fourth-order valence-corrected chi connectivity index (χ4v) is 2.08. The summed E-state index contributed by atoms with van der Waals surface area (Å²) in [4.78, 5) is 18.1. The Balaban J connectivity index is 2.39. The molecule has 1 aromatic rings. The van der Waals surface area contributed by atoms with Gasteiger partial charge < -0.3 is 9.74 Å². The van der Waals surface area contributed by atoms with Crippen molar-refractivity contribution in [1.29, 1.82) is 0 Å². The number of oxime groups is 1. The lowest BCUT2D eigenvalue weighted by Gasteiger charge is -2.10. The lowest BCUT2D eigenvalue weighted by molar-refractivity contribution is -0.117. The summed E-state index contributed by atoms with van der Waals surface area (Å²) in [7, 11) is 3.35. The minimum atomic E-state index is 0.138. The van der Waals surface area contributed by atoms with E-state index in [4.69, 9.17) is 4.84 Å². The van der Waals surface area contributed by atoms with Gasteiger partial charge in [-0.15, -0.1) is 0 Å². The summed E-state index contributed by atoms with van der Waals surface area (Å²) in [5.74, 6) is 0.138. The van der Waals surface area contributed by atoms with Gasteiger partial charge in [0.1, 0.15) is 7.11 Å². The summed E-state index contributed by atoms with van der Waals surface area (Å²) in [5.41, 5.74) is 3.98. The van der Waals surface area contributed by atoms with Crippen LogP contribution < -0.4 is 4.90 Å². The SMILES string of the molecule is CCC(=NOC)c1ccc2c(c1)CC(=O)N2C. The summed E-state index contributed by atoms with van der Waals surface area (Å²) in [5, 5.41) is 3.99. The Hall–Kier alpha value is -1.84. The number of rotatable bonds is 3. The van der Waals surface area contributed by atoms with Crippen LogP contribution in [0.15, 0.2) is 23.4 Å². The van der Waals surface area contributed by atoms with E-state index in [9.17, 15) is 4.79 Å². The van der Waals surface area contributed by atoms with Crippen LogP contribution in [-0.4, -0.2) is 25.8 Å². The van der Waals surface area contributed by atoms with Gasteiger partial charge in [-0.3, -0.25) is 4.79 Å². The summed E-state index contributed by atoms with van der Waals surface area (Å²) in [6, 6.07) is 5.98. The lowest BCUT2D eigenvalue weighted by Crippen LogP contribution is -2.20. The van der Waals surface area contributed by atoms with Gasteiger partial charge in [0, 0.05) is 12.7 Å². The average Bonchev–Trinajstić information content (AvgIpc) is 2.61. The van der Waals surface area contributed by atoms with Crippen molar-refractivity contribution >= 4 is 17.3 Å². The zero-order valence-electron chi connectivity index (χ0n) is 10.4. The van der Waals surface area contributed by atoms with E-state index in [2.05, 4.69) is 5.16 Å². The van der Waals surface area contributed by atoms with E-state index in [1.807, 2.05) is 25.1 Å². The van der Waals surface area contributed by atoms with E-state index in [1.54, 1.807) is 19.1 Å². The molecule has 0 unspecified atom stereocenters. The number of anilines is 1. The Morgan fingerprint density at radius 2 is 2.29 bits per heavy atom. The highest BCUT2D eigenvalue weighted by molar-refractivity contribution is 6.04. The minimum absolute atomic E-state index is 0.138. The van der Waals surface area contributed by atoms with Crippen molar-refractivity contribution in [2.75, 3.05) is 19.1 Å². The second-order valence-corrected chi connectivity index (χ2v) is 4.05. The van der Waals surface area contributed by atoms with Gasteiger partial charge in [-0.05, 0) is 29.7 Å². The van der Waals surface area contributed by atoms with E-state index >= 15 is 0 Å². The molecule has 0 atom stereocenters. The highest BCUT2D eigenvalue weighted by atomic mass is 16.6. The number of benzene rings is 1. The van der Waals surface area contributed by atoms with Gasteiger partial charge in [0.25, 0.3) is 0 Å². The molecule has 2 rings (SSSR count). The molecule has 1 aromatic carbocycles. The third-order valence-electron chi connectivity index (χ3n) is 3.03. The maximum atomic E-state index is 11.6. The number of carbonyl (C=O) groups is 1. The largest absolute Gasteiger partial charge is 0.399 e. The minimum Gasteiger partial charge on any atom is -0.399 e. The molecule has 0 aliphatic carbocycles. The number of amides is 1. The Morgan fingerprint density at radius 3 is 2.94 bits per heavy atom. The molecule has 4 heteroatoms. The predicted molar refractivity (Wildman–Crippen MR) is 67.4 cm³/mol. The highest BCUT2D eigenvalue weighted by Crippen LogP contribution is 2.28. The molecular formula is C13H16N2O2. The molecule has 0 saturated carbocycles. The first kappa shape index (κ1) is 11.6. The summed E-state index contributed by atoms with van der Waals surface area (Å²) >= 11 is 0. The molecule has 1 aliphatic heterocycles. The first-order valence-electron chi connectivity index (χ1n) is 5.67. The number of carbonyl (C=O) groups excluding carboxylic acids is 1. The molecule has 0 saturated heterocycles. The van der Waals surface area contributed by atoms with Crippen molar-refractivity contribution < 1.29 is 9.63 Å². The Bertz CT molecular complexity index is 480. The van der Waals surface area contributed by atoms with Crippen molar-refractivity contribution in [1.82, 2.24) is 0 Å². The van der Waals surface area contributed by atoms with Crippen LogP contribution in [0.3, 0.4) is 0 Å². The van der Waals surface area contributed by atoms with Gasteiger partial charge >= 0.3 is 0 Å². The standard InChI is InChI=1S/C13H16N2O2/c1-4-11(14-17-3)9-5-6-12-10(7-9)8-13(16)15(12)2/h5-7H,4,8H2,1-3H3. The van der Waals surface area contributed by atoms with Gasteiger partial charge in [0.2, 0.25) is 5.91 Å². The Labute approximate surface area is 101 Å². The Kier molecular flexibility index (Phi) is 3.13. The van der Waals surface area contributed by atoms with E-state index in [0.29, 0.717) is 6.42 Å². The van der Waals surface area contributed by atoms with E-state index in [1.165, 1.54) is 0 Å². The van der Waals surface area contributed by atoms with Gasteiger partial charge in [0.15, 0.2) is 0 Å². The monoisotopic (exact) mass is 232 g/mol. The van der Waals surface area contributed by atoms with Crippen LogP contribution in [0.1, 0.15) is 24.5 Å². The highest BCUT2D eigenvalue weighted by Gasteiger charge is 2.24. The molecule has 0 radical (unpaired) electrons. The molecule has 0 bridgehead atoms. The molecule has 0 N–H and O–H groups in total. The van der Waals surface area contributed by atoms with Crippen molar-refractivity contribution in [2.45, 2.75) is 19.8 Å². The van der Waals surface area contributed by atoms with Crippen molar-refractivity contribution in [3.8, 4) is 0 Å². The van der Waals surface area contributed by atoms with Crippen LogP contribution >= 0.6 is 0 Å². The zero-order valence-corrected chi connectivity index (χ0v) is 10.4. The summed E-state index contributed by atoms with van der Waals surface area (Å²) < 4.78 is 0. The summed E-state index contributed by atoms with van der Waals surface area (Å²) in [6.07, 6.45) is 1.28. The quantitative estimate of drug-likeness (QED) is 0.590. The third kappa shape index (κ3) is 2.02. The zero-order chi connectivity index (χ0) is 12.4. The van der Waals surface area contributed by atoms with Crippen molar-refractivity contribution in [2.24, 2.45) is 5.16 Å². The third-order valence-corrected chi connectivity index (χ3v) is 3.03. The maximum absolute atomic E-state index is 11.6. The van der Waals surface area contributed by atoms with Gasteiger partial charge in [-0.1, -0.05) is 18.1 Å². The molecule has 1 heterocycles. The van der Waals surface area contributed by atoms with Gasteiger partial charge in [-0.2, -0.15) is 0 Å². The van der Waals surface area contributed by atoms with E-state index in [-0.39, 0.29) is 5.91 Å². The number of hydrogen-bond donors (Lipinski definition) is 0. The molecule has 0 fully saturated rings. The second kappa shape index (κ2) is 4.57. The van der Waals surface area contributed by atoms with Crippen LogP contribution in [0.5, 0.6) is 0 Å². The molecule has 4 nitrogen and oxygen atoms in total. The maximum Gasteiger partial charge on any atom is 0.231 e. The number of likely N-dealkylation sites (N-methyl/N-ethyl adjacent to an activating group) is 1. The first-order chi connectivity index (χ1) is 8.17. The van der Waals surface area contributed by atoms with Crippen molar-refractivity contribution in [3.05, 3.63) is 29.3 Å². The molecular weight excluding hydrogens is 216 g/mol. The average molecular weight is 232 g/mol. The molecule has 0 aromatic heterocycles. The molecule has 17 heavy (non-hydrogen) atoms. The lowest BCUT2D eigenvalue weighted by atomic mass is 10.0. The topological polar surface area (TPSA) is 41.9 Å². The normalized spacial score (nSPS) is 15.1. The molecule has 0 spiro atoms. The van der Waals surface area contributed by atoms with Crippen molar-refractivity contribution in [3.63, 3.8) is 0 Å². The Morgan fingerprint density at radius 1 is 1.53 bits per heavy atom. The number of fused-ring (bicyclic) bond motifs is 1. The second-order valence-electron chi connectivity index (χ2n) is 4.05. The molecule has 90 valence electrons. The van der Waals surface area contributed by atoms with Crippen LogP contribution in [0.2, 0.25) is 0 Å². The predicted octanol–water partition coefficient (Wildman–Crippen LogP) is 1.97. The fourth-order valence-electron chi connectivity index (χ4n) is 2.08. The number of hydrogen-bond acceptors (Lipinski definition) is 3. The molecule has 1 amide bonds. The van der Waals surface area contributed by atoms with Crippen LogP contribution in [0.25, 0.3) is 0 Å². The van der Waals surface area contributed by atoms with Crippen LogP contribution in [0, 0.1) is 0 Å². The summed E-state index contributed by atoms with van der Waals surface area (Å²) in [6.45, 7) is 2.03. The smallest absolute Gasteiger partial charge is 0.231 e. The van der Waals surface area contributed by atoms with E-state index < -0.39 is 0 Å². The molecule has 1 aliphatic rings. The van der Waals surface area contributed by atoms with Crippen LogP contribution in [-0.2, 0) is 16.1 Å². The fraction of sp³-hybridized carbons (Fsp3) is 0.385. The van der Waals surface area contributed by atoms with Gasteiger partial charge in [0.05, 0.1) is 12.1 Å². The van der Waals surface area contributed by atoms with Crippen LogP contribution in [0.4, 0.5) is 5.69 Å². The van der Waals surface area contributed by atoms with E-state index in [0.717, 1.165) is 28.9 Å². The first-order valence-corrected chi connectivity index (χ1v) is 5.67. The van der Waals surface area contributed by atoms with Gasteiger partial charge in [-0.25, -0.2) is 0 Å².